The molecule has 0 unspecified atom stereocenters. The monoisotopic (exact) mass is 226 g/mol. The SMILES string of the molecule is OCCCCCCSc1cccc(O)c1. The molecule has 15 heavy (non-hydrogen) atoms. The smallest absolute Gasteiger partial charge is 0.116 e. The lowest BCUT2D eigenvalue weighted by Crippen LogP contribution is -1.85. The van der Waals surface area contributed by atoms with Crippen LogP contribution in [0.25, 0.3) is 0 Å². The molecule has 0 bridgehead atoms. The third-order valence-corrected chi connectivity index (χ3v) is 3.22. The molecule has 84 valence electrons. The summed E-state index contributed by atoms with van der Waals surface area (Å²) in [5, 5.41) is 17.8. The highest BCUT2D eigenvalue weighted by molar-refractivity contribution is 7.99. The zero-order chi connectivity index (χ0) is 10.9. The molecule has 1 aromatic rings. The molecule has 0 aliphatic heterocycles. The van der Waals surface area contributed by atoms with Crippen molar-refractivity contribution >= 4 is 11.8 Å². The van der Waals surface area contributed by atoms with Crippen LogP contribution in [0, 0.1) is 0 Å². The van der Waals surface area contributed by atoms with E-state index >= 15 is 0 Å². The number of aromatic hydroxyl groups is 1. The first kappa shape index (κ1) is 12.4. The molecule has 3 heteroatoms. The minimum absolute atomic E-state index is 0.305. The molecule has 0 aliphatic rings. The number of hydrogen-bond donors (Lipinski definition) is 2. The maximum atomic E-state index is 9.24. The van der Waals surface area contributed by atoms with Gasteiger partial charge in [-0.25, -0.2) is 0 Å². The number of aliphatic hydroxyl groups excluding tert-OH is 1. The van der Waals surface area contributed by atoms with Crippen molar-refractivity contribution in [1.82, 2.24) is 0 Å². The van der Waals surface area contributed by atoms with Gasteiger partial charge in [-0.15, -0.1) is 11.8 Å². The van der Waals surface area contributed by atoms with E-state index in [-0.39, 0.29) is 0 Å². The molecule has 0 atom stereocenters. The maximum Gasteiger partial charge on any atom is 0.116 e. The van der Waals surface area contributed by atoms with Gasteiger partial charge in [0, 0.05) is 11.5 Å². The summed E-state index contributed by atoms with van der Waals surface area (Å²) in [6, 6.07) is 7.35. The molecule has 2 N–H and O–H groups in total. The number of unbranched alkanes of at least 4 members (excludes halogenated alkanes) is 3. The van der Waals surface area contributed by atoms with E-state index in [1.54, 1.807) is 23.9 Å². The summed E-state index contributed by atoms with van der Waals surface area (Å²) in [4.78, 5) is 1.12. The second-order valence-electron chi connectivity index (χ2n) is 3.48. The van der Waals surface area contributed by atoms with Crippen molar-refractivity contribution in [3.05, 3.63) is 24.3 Å². The molecule has 0 saturated carbocycles. The van der Waals surface area contributed by atoms with Crippen LogP contribution < -0.4 is 0 Å². The second-order valence-corrected chi connectivity index (χ2v) is 4.65. The number of phenols is 1. The Morgan fingerprint density at radius 1 is 1.07 bits per heavy atom. The van der Waals surface area contributed by atoms with Crippen molar-refractivity contribution in [3.63, 3.8) is 0 Å². The zero-order valence-electron chi connectivity index (χ0n) is 8.85. The highest BCUT2D eigenvalue weighted by Gasteiger charge is 1.95. The molecule has 0 saturated heterocycles. The Morgan fingerprint density at radius 3 is 2.60 bits per heavy atom. The predicted octanol–water partition coefficient (Wildman–Crippen LogP) is 3.04. The van der Waals surface area contributed by atoms with Gasteiger partial charge in [-0.3, -0.25) is 0 Å². The molecule has 0 radical (unpaired) electrons. The topological polar surface area (TPSA) is 40.5 Å². The number of hydrogen-bond acceptors (Lipinski definition) is 3. The Hall–Kier alpha value is -0.670. The second kappa shape index (κ2) is 7.60. The highest BCUT2D eigenvalue weighted by Crippen LogP contribution is 2.23. The summed E-state index contributed by atoms with van der Waals surface area (Å²) < 4.78 is 0. The van der Waals surface area contributed by atoms with Gasteiger partial charge in [0.1, 0.15) is 5.75 Å². The largest absolute Gasteiger partial charge is 0.508 e. The summed E-state index contributed by atoms with van der Waals surface area (Å²) in [6.45, 7) is 0.305. The van der Waals surface area contributed by atoms with E-state index < -0.39 is 0 Å². The van der Waals surface area contributed by atoms with Crippen molar-refractivity contribution in [2.45, 2.75) is 30.6 Å². The zero-order valence-corrected chi connectivity index (χ0v) is 9.67. The number of thioether (sulfide) groups is 1. The van der Waals surface area contributed by atoms with E-state index in [0.717, 1.165) is 23.5 Å². The first-order valence-electron chi connectivity index (χ1n) is 5.35. The number of aliphatic hydroxyl groups is 1. The van der Waals surface area contributed by atoms with Crippen LogP contribution >= 0.6 is 11.8 Å². The fourth-order valence-corrected chi connectivity index (χ4v) is 2.29. The number of phenolic OH excluding ortho intramolecular Hbond substituents is 1. The molecular formula is C12H18O2S. The van der Waals surface area contributed by atoms with E-state index in [2.05, 4.69) is 0 Å². The molecule has 0 aliphatic carbocycles. The van der Waals surface area contributed by atoms with Gasteiger partial charge in [0.25, 0.3) is 0 Å². The molecule has 0 aromatic heterocycles. The Kier molecular flexibility index (Phi) is 6.28. The average molecular weight is 226 g/mol. The Morgan fingerprint density at radius 2 is 1.87 bits per heavy atom. The minimum Gasteiger partial charge on any atom is -0.508 e. The van der Waals surface area contributed by atoms with E-state index in [1.807, 2.05) is 12.1 Å². The standard InChI is InChI=1S/C12H18O2S/c13-8-3-1-2-4-9-15-12-7-5-6-11(14)10-12/h5-7,10,13-14H,1-4,8-9H2. The molecule has 0 fully saturated rings. The highest BCUT2D eigenvalue weighted by atomic mass is 32.2. The quantitative estimate of drug-likeness (QED) is 0.554. The Labute approximate surface area is 95.3 Å². The van der Waals surface area contributed by atoms with Crippen LogP contribution in [0.4, 0.5) is 0 Å². The van der Waals surface area contributed by atoms with E-state index in [9.17, 15) is 5.11 Å². The molecular weight excluding hydrogens is 208 g/mol. The Balaban J connectivity index is 2.10. The van der Waals surface area contributed by atoms with Crippen LogP contribution in [0.1, 0.15) is 25.7 Å². The number of benzene rings is 1. The summed E-state index contributed by atoms with van der Waals surface area (Å²) in [6.07, 6.45) is 4.36. The van der Waals surface area contributed by atoms with Crippen molar-refractivity contribution < 1.29 is 10.2 Å². The van der Waals surface area contributed by atoms with Crippen LogP contribution in [0.3, 0.4) is 0 Å². The normalized spacial score (nSPS) is 10.5. The molecule has 0 heterocycles. The molecule has 0 spiro atoms. The fourth-order valence-electron chi connectivity index (χ4n) is 1.33. The van der Waals surface area contributed by atoms with Crippen molar-refractivity contribution in [3.8, 4) is 5.75 Å². The van der Waals surface area contributed by atoms with Gasteiger partial charge in [-0.2, -0.15) is 0 Å². The third kappa shape index (κ3) is 5.70. The van der Waals surface area contributed by atoms with Crippen LogP contribution in [0.15, 0.2) is 29.2 Å². The summed E-state index contributed by atoms with van der Waals surface area (Å²) in [5.41, 5.74) is 0. The van der Waals surface area contributed by atoms with Gasteiger partial charge in [0.15, 0.2) is 0 Å². The van der Waals surface area contributed by atoms with Gasteiger partial charge < -0.3 is 10.2 Å². The van der Waals surface area contributed by atoms with Crippen molar-refractivity contribution in [2.24, 2.45) is 0 Å². The van der Waals surface area contributed by atoms with Gasteiger partial charge in [0.2, 0.25) is 0 Å². The van der Waals surface area contributed by atoms with Crippen LogP contribution in [-0.2, 0) is 0 Å². The van der Waals surface area contributed by atoms with E-state index in [1.165, 1.54) is 12.8 Å². The molecule has 1 rings (SSSR count). The molecule has 1 aromatic carbocycles. The van der Waals surface area contributed by atoms with Gasteiger partial charge in [-0.1, -0.05) is 18.9 Å². The van der Waals surface area contributed by atoms with E-state index in [4.69, 9.17) is 5.11 Å². The van der Waals surface area contributed by atoms with Gasteiger partial charge >= 0.3 is 0 Å². The van der Waals surface area contributed by atoms with Crippen LogP contribution in [0.2, 0.25) is 0 Å². The maximum absolute atomic E-state index is 9.24. The van der Waals surface area contributed by atoms with Crippen molar-refractivity contribution in [1.29, 1.82) is 0 Å². The Bertz CT molecular complexity index is 276. The van der Waals surface area contributed by atoms with Gasteiger partial charge in [-0.05, 0) is 36.8 Å². The number of rotatable bonds is 7. The first-order valence-corrected chi connectivity index (χ1v) is 6.34. The lowest BCUT2D eigenvalue weighted by Gasteiger charge is -2.02. The van der Waals surface area contributed by atoms with Crippen molar-refractivity contribution in [2.75, 3.05) is 12.4 Å². The summed E-state index contributed by atoms with van der Waals surface area (Å²) in [5.74, 6) is 1.41. The van der Waals surface area contributed by atoms with Crippen LogP contribution in [-0.4, -0.2) is 22.6 Å². The molecule has 2 nitrogen and oxygen atoms in total. The molecule has 0 amide bonds. The summed E-state index contributed by atoms with van der Waals surface area (Å²) in [7, 11) is 0. The lowest BCUT2D eigenvalue weighted by atomic mass is 10.2. The van der Waals surface area contributed by atoms with E-state index in [0.29, 0.717) is 12.4 Å². The summed E-state index contributed by atoms with van der Waals surface area (Å²) >= 11 is 1.77. The average Bonchev–Trinajstić information content (AvgIpc) is 2.23. The predicted molar refractivity (Wildman–Crippen MR) is 64.4 cm³/mol. The third-order valence-electron chi connectivity index (χ3n) is 2.14. The van der Waals surface area contributed by atoms with Gasteiger partial charge in [0.05, 0.1) is 0 Å². The van der Waals surface area contributed by atoms with Crippen LogP contribution in [0.5, 0.6) is 5.75 Å². The lowest BCUT2D eigenvalue weighted by molar-refractivity contribution is 0.283. The minimum atomic E-state index is 0.305. The fraction of sp³-hybridized carbons (Fsp3) is 0.500. The first-order chi connectivity index (χ1) is 7.33.